The third-order valence-electron chi connectivity index (χ3n) is 3.65. The number of hydrogen-bond donors (Lipinski definition) is 2. The van der Waals surface area contributed by atoms with Crippen LogP contribution in [0.5, 0.6) is 0 Å². The van der Waals surface area contributed by atoms with Gasteiger partial charge in [0.15, 0.2) is 0 Å². The highest BCUT2D eigenvalue weighted by Crippen LogP contribution is 2.17. The first-order valence-corrected chi connectivity index (χ1v) is 6.78. The van der Waals surface area contributed by atoms with E-state index in [0.717, 1.165) is 31.8 Å². The van der Waals surface area contributed by atoms with E-state index in [9.17, 15) is 4.79 Å². The summed E-state index contributed by atoms with van der Waals surface area (Å²) < 4.78 is 0. The lowest BCUT2D eigenvalue weighted by molar-refractivity contribution is -0.124. The SMILES string of the molecule is CCC(CNC)C(=O)NCCC1CCN(C)C1. The number of carbonyl (C=O) groups is 1. The molecule has 1 rings (SSSR count). The average Bonchev–Trinajstić information content (AvgIpc) is 2.71. The Balaban J connectivity index is 2.14. The second-order valence-corrected chi connectivity index (χ2v) is 5.16. The Kier molecular flexibility index (Phi) is 6.52. The van der Waals surface area contributed by atoms with Crippen molar-refractivity contribution in [2.24, 2.45) is 11.8 Å². The Morgan fingerprint density at radius 3 is 2.82 bits per heavy atom. The summed E-state index contributed by atoms with van der Waals surface area (Å²) in [4.78, 5) is 14.2. The maximum atomic E-state index is 11.8. The van der Waals surface area contributed by atoms with E-state index in [1.54, 1.807) is 0 Å². The van der Waals surface area contributed by atoms with Crippen LogP contribution in [0.15, 0.2) is 0 Å². The van der Waals surface area contributed by atoms with Gasteiger partial charge >= 0.3 is 0 Å². The van der Waals surface area contributed by atoms with Crippen molar-refractivity contribution in [1.29, 1.82) is 0 Å². The number of nitrogens with one attached hydrogen (secondary N) is 2. The van der Waals surface area contributed by atoms with Gasteiger partial charge in [0, 0.05) is 19.6 Å². The smallest absolute Gasteiger partial charge is 0.224 e. The minimum Gasteiger partial charge on any atom is -0.356 e. The minimum absolute atomic E-state index is 0.117. The molecule has 1 amide bonds. The Labute approximate surface area is 105 Å². The van der Waals surface area contributed by atoms with Gasteiger partial charge in [0.1, 0.15) is 0 Å². The van der Waals surface area contributed by atoms with Crippen LogP contribution < -0.4 is 10.6 Å². The highest BCUT2D eigenvalue weighted by Gasteiger charge is 2.20. The normalized spacial score (nSPS) is 22.6. The highest BCUT2D eigenvalue weighted by molar-refractivity contribution is 5.78. The van der Waals surface area contributed by atoms with Gasteiger partial charge in [-0.1, -0.05) is 6.92 Å². The molecule has 100 valence electrons. The van der Waals surface area contributed by atoms with Crippen LogP contribution in [0.25, 0.3) is 0 Å². The molecule has 0 aromatic rings. The molecule has 0 aromatic heterocycles. The largest absolute Gasteiger partial charge is 0.356 e. The Bertz CT molecular complexity index is 233. The van der Waals surface area contributed by atoms with Gasteiger partial charge < -0.3 is 15.5 Å². The number of carbonyl (C=O) groups excluding carboxylic acids is 1. The molecule has 2 N–H and O–H groups in total. The third-order valence-corrected chi connectivity index (χ3v) is 3.65. The molecule has 4 nitrogen and oxygen atoms in total. The second kappa shape index (κ2) is 7.67. The summed E-state index contributed by atoms with van der Waals surface area (Å²) in [7, 11) is 4.06. The molecular weight excluding hydrogens is 214 g/mol. The zero-order chi connectivity index (χ0) is 12.7. The summed E-state index contributed by atoms with van der Waals surface area (Å²) in [5.74, 6) is 1.09. The van der Waals surface area contributed by atoms with Gasteiger partial charge in [-0.15, -0.1) is 0 Å². The van der Waals surface area contributed by atoms with E-state index in [1.807, 2.05) is 7.05 Å². The molecule has 1 aliphatic heterocycles. The molecule has 2 atom stereocenters. The molecule has 1 aliphatic rings. The van der Waals surface area contributed by atoms with Crippen LogP contribution in [0.2, 0.25) is 0 Å². The van der Waals surface area contributed by atoms with Gasteiger partial charge in [0.05, 0.1) is 5.92 Å². The zero-order valence-corrected chi connectivity index (χ0v) is 11.5. The summed E-state index contributed by atoms with van der Waals surface area (Å²) in [6.07, 6.45) is 3.30. The monoisotopic (exact) mass is 241 g/mol. The quantitative estimate of drug-likeness (QED) is 0.689. The zero-order valence-electron chi connectivity index (χ0n) is 11.5. The van der Waals surface area contributed by atoms with Crippen molar-refractivity contribution in [3.63, 3.8) is 0 Å². The van der Waals surface area contributed by atoms with Crippen molar-refractivity contribution < 1.29 is 4.79 Å². The van der Waals surface area contributed by atoms with Crippen LogP contribution in [0.4, 0.5) is 0 Å². The topological polar surface area (TPSA) is 44.4 Å². The molecule has 0 spiro atoms. The average molecular weight is 241 g/mol. The molecule has 4 heteroatoms. The number of likely N-dealkylation sites (tertiary alicyclic amines) is 1. The van der Waals surface area contributed by atoms with Crippen molar-refractivity contribution in [3.05, 3.63) is 0 Å². The van der Waals surface area contributed by atoms with E-state index in [2.05, 4.69) is 29.5 Å². The number of rotatable bonds is 7. The van der Waals surface area contributed by atoms with E-state index in [1.165, 1.54) is 19.5 Å². The van der Waals surface area contributed by atoms with Crippen molar-refractivity contribution >= 4 is 5.91 Å². The first kappa shape index (κ1) is 14.5. The standard InChI is InChI=1S/C13H27N3O/c1-4-12(9-14-2)13(17)15-7-5-11-6-8-16(3)10-11/h11-12,14H,4-10H2,1-3H3,(H,15,17). The maximum Gasteiger partial charge on any atom is 0.224 e. The van der Waals surface area contributed by atoms with Gasteiger partial charge in [-0.3, -0.25) is 4.79 Å². The molecule has 1 saturated heterocycles. The van der Waals surface area contributed by atoms with Crippen LogP contribution in [0, 0.1) is 11.8 Å². The fourth-order valence-corrected chi connectivity index (χ4v) is 2.47. The van der Waals surface area contributed by atoms with Gasteiger partial charge in [0.25, 0.3) is 0 Å². The predicted molar refractivity (Wildman–Crippen MR) is 70.9 cm³/mol. The van der Waals surface area contributed by atoms with Gasteiger partial charge in [-0.25, -0.2) is 0 Å². The van der Waals surface area contributed by atoms with Crippen LogP contribution in [0.1, 0.15) is 26.2 Å². The number of nitrogens with zero attached hydrogens (tertiary/aromatic N) is 1. The molecule has 0 radical (unpaired) electrons. The number of amides is 1. The lowest BCUT2D eigenvalue weighted by Gasteiger charge is -2.16. The molecule has 1 heterocycles. The predicted octanol–water partition coefficient (Wildman–Crippen LogP) is 0.690. The van der Waals surface area contributed by atoms with Crippen molar-refractivity contribution in [2.75, 3.05) is 40.3 Å². The van der Waals surface area contributed by atoms with Gasteiger partial charge in [0.2, 0.25) is 5.91 Å². The Hall–Kier alpha value is -0.610. The lowest BCUT2D eigenvalue weighted by Crippen LogP contribution is -2.36. The summed E-state index contributed by atoms with van der Waals surface area (Å²) in [6.45, 7) is 6.05. The van der Waals surface area contributed by atoms with Crippen LogP contribution in [0.3, 0.4) is 0 Å². The highest BCUT2D eigenvalue weighted by atomic mass is 16.1. The first-order chi connectivity index (χ1) is 8.17. The van der Waals surface area contributed by atoms with E-state index in [-0.39, 0.29) is 11.8 Å². The number of hydrogen-bond acceptors (Lipinski definition) is 3. The molecule has 0 aliphatic carbocycles. The summed E-state index contributed by atoms with van der Waals surface area (Å²) in [6, 6.07) is 0. The lowest BCUT2D eigenvalue weighted by atomic mass is 10.0. The van der Waals surface area contributed by atoms with Gasteiger partial charge in [-0.05, 0) is 45.8 Å². The molecule has 17 heavy (non-hydrogen) atoms. The molecule has 1 fully saturated rings. The molecular formula is C13H27N3O. The fourth-order valence-electron chi connectivity index (χ4n) is 2.47. The summed E-state index contributed by atoms with van der Waals surface area (Å²) in [5, 5.41) is 6.13. The maximum absolute atomic E-state index is 11.8. The molecule has 0 saturated carbocycles. The van der Waals surface area contributed by atoms with E-state index < -0.39 is 0 Å². The Morgan fingerprint density at radius 2 is 2.29 bits per heavy atom. The van der Waals surface area contributed by atoms with E-state index >= 15 is 0 Å². The van der Waals surface area contributed by atoms with Crippen LogP contribution in [-0.4, -0.2) is 51.1 Å². The van der Waals surface area contributed by atoms with Crippen LogP contribution in [-0.2, 0) is 4.79 Å². The Morgan fingerprint density at radius 1 is 1.53 bits per heavy atom. The van der Waals surface area contributed by atoms with Crippen molar-refractivity contribution in [2.45, 2.75) is 26.2 Å². The molecule has 0 aromatic carbocycles. The second-order valence-electron chi connectivity index (χ2n) is 5.16. The summed E-state index contributed by atoms with van der Waals surface area (Å²) >= 11 is 0. The molecule has 0 bridgehead atoms. The van der Waals surface area contributed by atoms with Gasteiger partial charge in [-0.2, -0.15) is 0 Å². The van der Waals surface area contributed by atoms with Crippen LogP contribution >= 0.6 is 0 Å². The molecule has 2 unspecified atom stereocenters. The first-order valence-electron chi connectivity index (χ1n) is 6.78. The fraction of sp³-hybridized carbons (Fsp3) is 0.923. The van der Waals surface area contributed by atoms with Crippen molar-refractivity contribution in [1.82, 2.24) is 15.5 Å². The summed E-state index contributed by atoms with van der Waals surface area (Å²) in [5.41, 5.74) is 0. The third kappa shape index (κ3) is 5.04. The van der Waals surface area contributed by atoms with E-state index in [4.69, 9.17) is 0 Å². The van der Waals surface area contributed by atoms with Crippen molar-refractivity contribution in [3.8, 4) is 0 Å². The van der Waals surface area contributed by atoms with E-state index in [0.29, 0.717) is 0 Å². The minimum atomic E-state index is 0.117.